The maximum Gasteiger partial charge on any atom is 0.326 e. The molecule has 4 N–H and O–H groups in total. The predicted molar refractivity (Wildman–Crippen MR) is 141 cm³/mol. The number of aliphatic carboxylic acids is 1. The van der Waals surface area contributed by atoms with E-state index in [4.69, 9.17) is 9.26 Å². The van der Waals surface area contributed by atoms with Gasteiger partial charge in [0.25, 0.3) is 5.91 Å². The Morgan fingerprint density at radius 3 is 2.26 bits per heavy atom. The molecule has 1 unspecified atom stereocenters. The van der Waals surface area contributed by atoms with Crippen LogP contribution in [0.25, 0.3) is 11.3 Å². The van der Waals surface area contributed by atoms with Crippen molar-refractivity contribution in [3.05, 3.63) is 90.7 Å². The molecule has 4 aromatic rings. The molecule has 0 saturated carbocycles. The number of amides is 3. The van der Waals surface area contributed by atoms with Crippen LogP contribution in [0, 0.1) is 5.92 Å². The van der Waals surface area contributed by atoms with Gasteiger partial charge < -0.3 is 30.3 Å². The maximum absolute atomic E-state index is 12.6. The van der Waals surface area contributed by atoms with E-state index >= 15 is 0 Å². The Morgan fingerprint density at radius 1 is 0.895 bits per heavy atom. The highest BCUT2D eigenvalue weighted by Crippen LogP contribution is 2.29. The number of ether oxygens (including phenoxy) is 1. The smallest absolute Gasteiger partial charge is 0.326 e. The number of para-hydroxylation sites is 3. The number of urea groups is 1. The lowest BCUT2D eigenvalue weighted by atomic mass is 10.0. The molecule has 3 amide bonds. The Morgan fingerprint density at radius 2 is 1.58 bits per heavy atom. The molecule has 0 aliphatic carbocycles. The topological polar surface area (TPSA) is 143 Å². The number of nitrogens with zero attached hydrogens (tertiary/aromatic N) is 1. The molecule has 0 bridgehead atoms. The van der Waals surface area contributed by atoms with Gasteiger partial charge >= 0.3 is 12.0 Å². The van der Waals surface area contributed by atoms with E-state index in [0.717, 1.165) is 0 Å². The minimum Gasteiger partial charge on any atom is -0.480 e. The van der Waals surface area contributed by atoms with Crippen molar-refractivity contribution in [1.29, 1.82) is 0 Å². The number of carbonyl (C=O) groups excluding carboxylic acids is 2. The Labute approximate surface area is 218 Å². The molecule has 0 radical (unpaired) electrons. The highest BCUT2D eigenvalue weighted by molar-refractivity contribution is 6.01. The van der Waals surface area contributed by atoms with Crippen LogP contribution < -0.4 is 20.7 Å². The highest BCUT2D eigenvalue weighted by atomic mass is 16.5. The van der Waals surface area contributed by atoms with Gasteiger partial charge in [-0.1, -0.05) is 61.5 Å². The third kappa shape index (κ3) is 6.55. The summed E-state index contributed by atoms with van der Waals surface area (Å²) in [4.78, 5) is 36.3. The molecule has 4 rings (SSSR count). The molecular formula is C28H26N4O6. The Bertz CT molecular complexity index is 1420. The van der Waals surface area contributed by atoms with E-state index in [9.17, 15) is 19.5 Å². The van der Waals surface area contributed by atoms with Crippen molar-refractivity contribution in [3.8, 4) is 22.8 Å². The molecule has 0 spiro atoms. The first-order valence-electron chi connectivity index (χ1n) is 11.8. The minimum absolute atomic E-state index is 0.107. The Hall–Kier alpha value is -5.12. The third-order valence-electron chi connectivity index (χ3n) is 5.50. The molecule has 10 nitrogen and oxygen atoms in total. The van der Waals surface area contributed by atoms with Gasteiger partial charge in [-0.2, -0.15) is 0 Å². The zero-order valence-corrected chi connectivity index (χ0v) is 20.7. The van der Waals surface area contributed by atoms with Crippen LogP contribution in [-0.2, 0) is 4.79 Å². The van der Waals surface area contributed by atoms with Gasteiger partial charge in [-0.05, 0) is 42.3 Å². The van der Waals surface area contributed by atoms with E-state index in [1.54, 1.807) is 56.3 Å². The van der Waals surface area contributed by atoms with E-state index in [0.29, 0.717) is 34.1 Å². The molecule has 10 heteroatoms. The summed E-state index contributed by atoms with van der Waals surface area (Å²) in [6.07, 6.45) is 0. The molecule has 0 saturated heterocycles. The van der Waals surface area contributed by atoms with Gasteiger partial charge in [0.05, 0.1) is 5.69 Å². The average Bonchev–Trinajstić information content (AvgIpc) is 3.39. The van der Waals surface area contributed by atoms with Gasteiger partial charge in [-0.15, -0.1) is 0 Å². The predicted octanol–water partition coefficient (Wildman–Crippen LogP) is 5.62. The van der Waals surface area contributed by atoms with Crippen LogP contribution >= 0.6 is 0 Å². The fourth-order valence-electron chi connectivity index (χ4n) is 3.53. The highest BCUT2D eigenvalue weighted by Gasteiger charge is 2.26. The molecule has 0 aliphatic rings. The molecule has 194 valence electrons. The van der Waals surface area contributed by atoms with Gasteiger partial charge in [0.2, 0.25) is 5.76 Å². The van der Waals surface area contributed by atoms with Gasteiger partial charge in [-0.25, -0.2) is 9.59 Å². The standard InChI is InChI=1S/C28H26N4O6/c1-17(2)25(27(34)35)31-26(33)24-16-22(32-38-24)18-12-14-19(15-13-18)29-28(36)30-21-10-6-7-11-23(21)37-20-8-4-3-5-9-20/h3-17,25H,1-2H3,(H,31,33)(H,34,35)(H2,29,30,36). The fraction of sp³-hybridized carbons (Fsp3) is 0.143. The second kappa shape index (κ2) is 11.7. The van der Waals surface area contributed by atoms with Crippen LogP contribution in [-0.4, -0.2) is 34.2 Å². The number of nitrogens with one attached hydrogen (secondary N) is 3. The van der Waals surface area contributed by atoms with Crippen molar-refractivity contribution in [2.24, 2.45) is 5.92 Å². The van der Waals surface area contributed by atoms with Gasteiger partial charge in [0.1, 0.15) is 17.5 Å². The van der Waals surface area contributed by atoms with Gasteiger partial charge in [-0.3, -0.25) is 4.79 Å². The lowest BCUT2D eigenvalue weighted by Crippen LogP contribution is -2.44. The van der Waals surface area contributed by atoms with Crippen LogP contribution in [0.4, 0.5) is 16.2 Å². The number of carbonyl (C=O) groups is 3. The van der Waals surface area contributed by atoms with E-state index in [1.165, 1.54) is 6.07 Å². The molecule has 1 atom stereocenters. The second-order valence-electron chi connectivity index (χ2n) is 8.68. The number of carboxylic acids is 1. The zero-order valence-electron chi connectivity index (χ0n) is 20.7. The molecule has 3 aromatic carbocycles. The molecule has 0 aliphatic heterocycles. The van der Waals surface area contributed by atoms with Crippen molar-refractivity contribution < 1.29 is 28.8 Å². The van der Waals surface area contributed by atoms with Gasteiger partial charge in [0, 0.05) is 17.3 Å². The number of hydrogen-bond donors (Lipinski definition) is 4. The first-order valence-corrected chi connectivity index (χ1v) is 11.8. The van der Waals surface area contributed by atoms with Crippen molar-refractivity contribution in [2.45, 2.75) is 19.9 Å². The lowest BCUT2D eigenvalue weighted by molar-refractivity contribution is -0.140. The molecule has 1 heterocycles. The van der Waals surface area contributed by atoms with Crippen LogP contribution in [0.15, 0.2) is 89.5 Å². The molecule has 1 aromatic heterocycles. The largest absolute Gasteiger partial charge is 0.480 e. The number of hydrogen-bond acceptors (Lipinski definition) is 6. The van der Waals surface area contributed by atoms with Crippen LogP contribution in [0.1, 0.15) is 24.4 Å². The number of benzene rings is 3. The van der Waals surface area contributed by atoms with Crippen LogP contribution in [0.5, 0.6) is 11.5 Å². The number of aromatic nitrogens is 1. The number of anilines is 2. The van der Waals surface area contributed by atoms with E-state index in [2.05, 4.69) is 21.1 Å². The quantitative estimate of drug-likeness (QED) is 0.227. The number of rotatable bonds is 9. The summed E-state index contributed by atoms with van der Waals surface area (Å²) >= 11 is 0. The maximum atomic E-state index is 12.6. The zero-order chi connectivity index (χ0) is 27.1. The monoisotopic (exact) mass is 514 g/mol. The van der Waals surface area contributed by atoms with E-state index < -0.39 is 23.9 Å². The normalized spacial score (nSPS) is 11.4. The molecule has 38 heavy (non-hydrogen) atoms. The Kier molecular flexibility index (Phi) is 8.02. The molecular weight excluding hydrogens is 488 g/mol. The summed E-state index contributed by atoms with van der Waals surface area (Å²) < 4.78 is 11.0. The fourth-order valence-corrected chi connectivity index (χ4v) is 3.53. The first-order chi connectivity index (χ1) is 18.3. The van der Waals surface area contributed by atoms with Crippen molar-refractivity contribution in [1.82, 2.24) is 10.5 Å². The van der Waals surface area contributed by atoms with E-state index in [1.807, 2.05) is 36.4 Å². The van der Waals surface area contributed by atoms with Crippen molar-refractivity contribution in [2.75, 3.05) is 10.6 Å². The third-order valence-corrected chi connectivity index (χ3v) is 5.50. The summed E-state index contributed by atoms with van der Waals surface area (Å²) in [5, 5.41) is 21.1. The van der Waals surface area contributed by atoms with Crippen LogP contribution in [0.2, 0.25) is 0 Å². The van der Waals surface area contributed by atoms with Gasteiger partial charge in [0.15, 0.2) is 5.75 Å². The summed E-state index contributed by atoms with van der Waals surface area (Å²) in [6.45, 7) is 3.38. The average molecular weight is 515 g/mol. The summed E-state index contributed by atoms with van der Waals surface area (Å²) in [5.41, 5.74) is 2.05. The lowest BCUT2D eigenvalue weighted by Gasteiger charge is -2.16. The number of carboxylic acid groups (broad SMARTS) is 1. The first kappa shape index (κ1) is 26.0. The second-order valence-corrected chi connectivity index (χ2v) is 8.68. The summed E-state index contributed by atoms with van der Waals surface area (Å²) in [5.74, 6) is -1.07. The summed E-state index contributed by atoms with van der Waals surface area (Å²) in [7, 11) is 0. The minimum atomic E-state index is -1.13. The summed E-state index contributed by atoms with van der Waals surface area (Å²) in [6, 6.07) is 23.0. The van der Waals surface area contributed by atoms with Crippen LogP contribution in [0.3, 0.4) is 0 Å². The van der Waals surface area contributed by atoms with E-state index in [-0.39, 0.29) is 11.7 Å². The van der Waals surface area contributed by atoms with Crippen molar-refractivity contribution >= 4 is 29.3 Å². The SMILES string of the molecule is CC(C)C(NC(=O)c1cc(-c2ccc(NC(=O)Nc3ccccc3Oc3ccccc3)cc2)no1)C(=O)O. The van der Waals surface area contributed by atoms with Crippen molar-refractivity contribution in [3.63, 3.8) is 0 Å². The Balaban J connectivity index is 1.37. The molecule has 0 fully saturated rings.